The Morgan fingerprint density at radius 2 is 2.56 bits per heavy atom. The first-order valence-electron chi connectivity index (χ1n) is 3.61. The van der Waals surface area contributed by atoms with E-state index in [1.54, 1.807) is 5.57 Å². The molecular weight excluding hydrogens is 110 g/mol. The summed E-state index contributed by atoms with van der Waals surface area (Å²) in [6.45, 7) is 6.04. The molecule has 1 N–H and O–H groups in total. The molecule has 0 aromatic carbocycles. The predicted molar refractivity (Wildman–Crippen MR) is 40.2 cm³/mol. The van der Waals surface area contributed by atoms with E-state index in [2.05, 4.69) is 18.3 Å². The lowest BCUT2D eigenvalue weighted by molar-refractivity contribution is 0.680. The van der Waals surface area contributed by atoms with Gasteiger partial charge in [0.25, 0.3) is 0 Å². The molecular formula is C8H14N. The summed E-state index contributed by atoms with van der Waals surface area (Å²) in [5, 5.41) is 3.28. The summed E-state index contributed by atoms with van der Waals surface area (Å²) >= 11 is 0. The van der Waals surface area contributed by atoms with Crippen LogP contribution in [0, 0.1) is 6.92 Å². The first kappa shape index (κ1) is 6.81. The van der Waals surface area contributed by atoms with Gasteiger partial charge < -0.3 is 5.32 Å². The predicted octanol–water partition coefficient (Wildman–Crippen LogP) is 1.52. The van der Waals surface area contributed by atoms with Gasteiger partial charge in [-0.2, -0.15) is 0 Å². The Morgan fingerprint density at radius 3 is 3.11 bits per heavy atom. The number of hydrogen-bond acceptors (Lipinski definition) is 1. The van der Waals surface area contributed by atoms with Gasteiger partial charge in [-0.1, -0.05) is 18.6 Å². The van der Waals surface area contributed by atoms with E-state index in [0.717, 1.165) is 19.5 Å². The van der Waals surface area contributed by atoms with Crippen LogP contribution in [0.25, 0.3) is 0 Å². The minimum Gasteiger partial charge on any atom is -0.313 e. The highest BCUT2D eigenvalue weighted by atomic mass is 14.8. The van der Waals surface area contributed by atoms with Gasteiger partial charge in [0, 0.05) is 6.54 Å². The highest BCUT2D eigenvalue weighted by molar-refractivity contribution is 5.06. The SMILES string of the molecule is [CH2]CCC1=CCNCC1. The molecule has 0 aliphatic carbocycles. The zero-order valence-electron chi connectivity index (χ0n) is 5.82. The van der Waals surface area contributed by atoms with E-state index >= 15 is 0 Å². The molecule has 9 heavy (non-hydrogen) atoms. The highest BCUT2D eigenvalue weighted by Crippen LogP contribution is 2.10. The monoisotopic (exact) mass is 124 g/mol. The van der Waals surface area contributed by atoms with E-state index in [1.807, 2.05) is 0 Å². The Morgan fingerprint density at radius 1 is 1.67 bits per heavy atom. The van der Waals surface area contributed by atoms with E-state index in [0.29, 0.717) is 0 Å². The summed E-state index contributed by atoms with van der Waals surface area (Å²) in [5.41, 5.74) is 1.59. The molecule has 1 heterocycles. The van der Waals surface area contributed by atoms with Gasteiger partial charge in [0.1, 0.15) is 0 Å². The average Bonchev–Trinajstić information content (AvgIpc) is 1.91. The second-order valence-corrected chi connectivity index (χ2v) is 2.42. The maximum Gasteiger partial charge on any atom is 0.0137 e. The van der Waals surface area contributed by atoms with Crippen molar-refractivity contribution in [3.8, 4) is 0 Å². The van der Waals surface area contributed by atoms with E-state index in [1.165, 1.54) is 12.8 Å². The van der Waals surface area contributed by atoms with Crippen molar-refractivity contribution in [1.29, 1.82) is 0 Å². The smallest absolute Gasteiger partial charge is 0.0137 e. The van der Waals surface area contributed by atoms with Gasteiger partial charge in [0.05, 0.1) is 0 Å². The third kappa shape index (κ3) is 2.19. The Labute approximate surface area is 57.1 Å². The third-order valence-corrected chi connectivity index (χ3v) is 1.66. The lowest BCUT2D eigenvalue weighted by Gasteiger charge is -2.12. The van der Waals surface area contributed by atoms with Crippen molar-refractivity contribution in [2.24, 2.45) is 0 Å². The standard InChI is InChI=1S/C8H14N/c1-2-3-8-4-6-9-7-5-8/h4,9H,1-3,5-7H2. The molecule has 0 aromatic heterocycles. The molecule has 1 heteroatoms. The molecule has 0 saturated carbocycles. The lowest BCUT2D eigenvalue weighted by atomic mass is 10.1. The first-order valence-corrected chi connectivity index (χ1v) is 3.61. The number of hydrogen-bond donors (Lipinski definition) is 1. The van der Waals surface area contributed by atoms with Crippen LogP contribution < -0.4 is 5.32 Å². The van der Waals surface area contributed by atoms with Gasteiger partial charge in [-0.25, -0.2) is 0 Å². The molecule has 1 aliphatic heterocycles. The van der Waals surface area contributed by atoms with Crippen LogP contribution >= 0.6 is 0 Å². The minimum atomic E-state index is 1.05. The van der Waals surface area contributed by atoms with Crippen molar-refractivity contribution < 1.29 is 0 Å². The quantitative estimate of drug-likeness (QED) is 0.550. The van der Waals surface area contributed by atoms with Gasteiger partial charge in [0.15, 0.2) is 0 Å². The van der Waals surface area contributed by atoms with Crippen LogP contribution in [0.15, 0.2) is 11.6 Å². The fourth-order valence-corrected chi connectivity index (χ4v) is 1.12. The van der Waals surface area contributed by atoms with E-state index < -0.39 is 0 Å². The van der Waals surface area contributed by atoms with Gasteiger partial charge in [-0.05, 0) is 25.8 Å². The molecule has 0 fully saturated rings. The van der Waals surface area contributed by atoms with Crippen LogP contribution in [0.5, 0.6) is 0 Å². The van der Waals surface area contributed by atoms with Gasteiger partial charge >= 0.3 is 0 Å². The van der Waals surface area contributed by atoms with Crippen LogP contribution in [-0.2, 0) is 0 Å². The first-order chi connectivity index (χ1) is 4.43. The summed E-state index contributed by atoms with van der Waals surface area (Å²) in [6.07, 6.45) is 5.76. The van der Waals surface area contributed by atoms with Crippen LogP contribution in [0.4, 0.5) is 0 Å². The molecule has 1 radical (unpaired) electrons. The topological polar surface area (TPSA) is 12.0 Å². The number of nitrogens with one attached hydrogen (secondary N) is 1. The molecule has 0 spiro atoms. The van der Waals surface area contributed by atoms with Gasteiger partial charge in [-0.3, -0.25) is 0 Å². The summed E-state index contributed by atoms with van der Waals surface area (Å²) in [7, 11) is 0. The maximum atomic E-state index is 3.82. The van der Waals surface area contributed by atoms with Crippen molar-refractivity contribution in [1.82, 2.24) is 5.32 Å². The molecule has 0 amide bonds. The molecule has 1 aliphatic rings. The van der Waals surface area contributed by atoms with E-state index in [9.17, 15) is 0 Å². The zero-order chi connectivity index (χ0) is 6.53. The molecule has 1 rings (SSSR count). The fraction of sp³-hybridized carbons (Fsp3) is 0.625. The lowest BCUT2D eigenvalue weighted by Crippen LogP contribution is -2.20. The second kappa shape index (κ2) is 3.67. The molecule has 0 atom stereocenters. The van der Waals surface area contributed by atoms with E-state index in [4.69, 9.17) is 0 Å². The van der Waals surface area contributed by atoms with Gasteiger partial charge in [-0.15, -0.1) is 0 Å². The maximum absolute atomic E-state index is 3.82. The normalized spacial score (nSPS) is 19.4. The van der Waals surface area contributed by atoms with Crippen molar-refractivity contribution in [3.05, 3.63) is 18.6 Å². The summed E-state index contributed by atoms with van der Waals surface area (Å²) in [5.74, 6) is 0. The Hall–Kier alpha value is -0.300. The van der Waals surface area contributed by atoms with E-state index in [-0.39, 0.29) is 0 Å². The average molecular weight is 124 g/mol. The van der Waals surface area contributed by atoms with Crippen molar-refractivity contribution >= 4 is 0 Å². The molecule has 0 bridgehead atoms. The molecule has 0 unspecified atom stereocenters. The Balaban J connectivity index is 2.28. The van der Waals surface area contributed by atoms with Crippen molar-refractivity contribution in [2.75, 3.05) is 13.1 Å². The summed E-state index contributed by atoms with van der Waals surface area (Å²) < 4.78 is 0. The Bertz CT molecular complexity index is 105. The minimum absolute atomic E-state index is 1.05. The summed E-state index contributed by atoms with van der Waals surface area (Å²) in [4.78, 5) is 0. The molecule has 0 aromatic rings. The largest absolute Gasteiger partial charge is 0.313 e. The second-order valence-electron chi connectivity index (χ2n) is 2.42. The van der Waals surface area contributed by atoms with Crippen LogP contribution in [0.3, 0.4) is 0 Å². The third-order valence-electron chi connectivity index (χ3n) is 1.66. The molecule has 51 valence electrons. The van der Waals surface area contributed by atoms with Gasteiger partial charge in [0.2, 0.25) is 0 Å². The number of rotatable bonds is 2. The fourth-order valence-electron chi connectivity index (χ4n) is 1.12. The molecule has 1 nitrogen and oxygen atoms in total. The summed E-state index contributed by atoms with van der Waals surface area (Å²) in [6, 6.07) is 0. The highest BCUT2D eigenvalue weighted by Gasteiger charge is 1.99. The zero-order valence-corrected chi connectivity index (χ0v) is 5.82. The molecule has 0 saturated heterocycles. The van der Waals surface area contributed by atoms with Crippen molar-refractivity contribution in [2.45, 2.75) is 19.3 Å². The van der Waals surface area contributed by atoms with Crippen LogP contribution in [0.2, 0.25) is 0 Å². The van der Waals surface area contributed by atoms with Crippen molar-refractivity contribution in [3.63, 3.8) is 0 Å². The Kier molecular flexibility index (Phi) is 2.78. The van der Waals surface area contributed by atoms with Crippen LogP contribution in [0.1, 0.15) is 19.3 Å². The van der Waals surface area contributed by atoms with Crippen LogP contribution in [-0.4, -0.2) is 13.1 Å².